The van der Waals surface area contributed by atoms with Crippen molar-refractivity contribution in [3.8, 4) is 11.5 Å². The summed E-state index contributed by atoms with van der Waals surface area (Å²) in [5.74, 6) is 1.95. The van der Waals surface area contributed by atoms with Crippen molar-refractivity contribution in [1.29, 1.82) is 0 Å². The number of anilines is 1. The molecule has 2 aromatic carbocycles. The molecule has 1 aliphatic heterocycles. The lowest BCUT2D eigenvalue weighted by atomic mass is 9.93. The molecule has 0 saturated carbocycles. The maximum absolute atomic E-state index is 6.22. The highest BCUT2D eigenvalue weighted by molar-refractivity contribution is 6.42. The topological polar surface area (TPSA) is 74.1 Å². The van der Waals surface area contributed by atoms with E-state index < -0.39 is 0 Å². The fourth-order valence-electron chi connectivity index (χ4n) is 3.32. The molecule has 9 heteroatoms. The van der Waals surface area contributed by atoms with E-state index in [0.29, 0.717) is 27.5 Å². The van der Waals surface area contributed by atoms with Crippen molar-refractivity contribution in [2.45, 2.75) is 18.5 Å². The number of hydrogen-bond donors (Lipinski definition) is 1. The van der Waals surface area contributed by atoms with E-state index in [1.54, 1.807) is 25.0 Å². The monoisotopic (exact) mass is 405 g/mol. The number of nitrogens with zero attached hydrogens (tertiary/aromatic N) is 4. The first kappa shape index (κ1) is 17.9. The molecular weight excluding hydrogens is 389 g/mol. The molecule has 0 bridgehead atoms. The average molecular weight is 406 g/mol. The Hall–Kier alpha value is -2.51. The second-order valence-electron chi connectivity index (χ2n) is 6.18. The van der Waals surface area contributed by atoms with E-state index in [4.69, 9.17) is 32.7 Å². The number of benzene rings is 2. The van der Waals surface area contributed by atoms with Gasteiger partial charge in [0.2, 0.25) is 5.95 Å². The number of methoxy groups -OCH3 is 2. The van der Waals surface area contributed by atoms with Crippen LogP contribution in [0.3, 0.4) is 0 Å². The minimum Gasteiger partial charge on any atom is -0.493 e. The Labute approximate surface area is 166 Å². The summed E-state index contributed by atoms with van der Waals surface area (Å²) in [4.78, 5) is 0. The summed E-state index contributed by atoms with van der Waals surface area (Å²) in [7, 11) is 3.24. The summed E-state index contributed by atoms with van der Waals surface area (Å²) >= 11 is 12.3. The quantitative estimate of drug-likeness (QED) is 0.702. The van der Waals surface area contributed by atoms with Crippen LogP contribution < -0.4 is 14.8 Å². The molecule has 7 nitrogen and oxygen atoms in total. The van der Waals surface area contributed by atoms with E-state index in [-0.39, 0.29) is 12.1 Å². The summed E-state index contributed by atoms with van der Waals surface area (Å²) in [5, 5.41) is 16.4. The van der Waals surface area contributed by atoms with Gasteiger partial charge in [0, 0.05) is 0 Å². The number of tetrazole rings is 1. The van der Waals surface area contributed by atoms with Gasteiger partial charge in [-0.3, -0.25) is 0 Å². The summed E-state index contributed by atoms with van der Waals surface area (Å²) < 4.78 is 12.5. The summed E-state index contributed by atoms with van der Waals surface area (Å²) in [6, 6.07) is 11.4. The largest absolute Gasteiger partial charge is 0.493 e. The van der Waals surface area contributed by atoms with Gasteiger partial charge in [-0.05, 0) is 52.2 Å². The van der Waals surface area contributed by atoms with Gasteiger partial charge in [0.25, 0.3) is 0 Å². The second-order valence-corrected chi connectivity index (χ2v) is 7.00. The number of hydrogen-bond acceptors (Lipinski definition) is 6. The molecule has 2 atom stereocenters. The van der Waals surface area contributed by atoms with E-state index in [2.05, 4.69) is 20.8 Å². The second kappa shape index (κ2) is 7.25. The van der Waals surface area contributed by atoms with Gasteiger partial charge in [-0.25, -0.2) is 4.68 Å². The number of fused-ring (bicyclic) bond motifs is 1. The third-order valence-corrected chi connectivity index (χ3v) is 5.43. The number of rotatable bonds is 4. The SMILES string of the molecule is COc1ccc([C@@H]2C[C@@H](c3ccc(Cl)c(Cl)c3)n3nnnc3N2)cc1OC. The zero-order chi connectivity index (χ0) is 19.0. The van der Waals surface area contributed by atoms with E-state index >= 15 is 0 Å². The van der Waals surface area contributed by atoms with Crippen LogP contribution in [0.4, 0.5) is 5.95 Å². The van der Waals surface area contributed by atoms with Crippen molar-refractivity contribution in [3.05, 3.63) is 57.6 Å². The first-order valence-corrected chi connectivity index (χ1v) is 9.07. The van der Waals surface area contributed by atoms with Crippen LogP contribution in [0.2, 0.25) is 10.0 Å². The Balaban J connectivity index is 1.72. The highest BCUT2D eigenvalue weighted by Crippen LogP contribution is 2.40. The maximum Gasteiger partial charge on any atom is 0.243 e. The highest BCUT2D eigenvalue weighted by atomic mass is 35.5. The van der Waals surface area contributed by atoms with Crippen molar-refractivity contribution < 1.29 is 9.47 Å². The van der Waals surface area contributed by atoms with Crippen molar-refractivity contribution in [1.82, 2.24) is 20.2 Å². The molecule has 1 N–H and O–H groups in total. The Morgan fingerprint density at radius 3 is 2.52 bits per heavy atom. The normalized spacial score (nSPS) is 18.5. The molecule has 140 valence electrons. The van der Waals surface area contributed by atoms with Crippen LogP contribution >= 0.6 is 23.2 Å². The van der Waals surface area contributed by atoms with Crippen molar-refractivity contribution in [2.75, 3.05) is 19.5 Å². The molecule has 0 fully saturated rings. The molecule has 1 aromatic heterocycles. The first-order valence-electron chi connectivity index (χ1n) is 8.32. The Bertz CT molecular complexity index is 978. The molecule has 4 rings (SSSR count). The highest BCUT2D eigenvalue weighted by Gasteiger charge is 2.31. The maximum atomic E-state index is 6.22. The minimum absolute atomic E-state index is 0.0113. The molecule has 2 heterocycles. The van der Waals surface area contributed by atoms with Crippen molar-refractivity contribution >= 4 is 29.2 Å². The summed E-state index contributed by atoms with van der Waals surface area (Å²) in [5.41, 5.74) is 2.04. The smallest absolute Gasteiger partial charge is 0.243 e. The summed E-state index contributed by atoms with van der Waals surface area (Å²) in [6.07, 6.45) is 0.728. The Morgan fingerprint density at radius 2 is 1.78 bits per heavy atom. The molecule has 0 saturated heterocycles. The predicted octanol–water partition coefficient (Wildman–Crippen LogP) is 4.14. The first-order chi connectivity index (χ1) is 13.1. The van der Waals surface area contributed by atoms with Crippen LogP contribution in [0.5, 0.6) is 11.5 Å². The molecular formula is C18H17Cl2N5O2. The van der Waals surface area contributed by atoms with Gasteiger partial charge in [0.1, 0.15) is 0 Å². The minimum atomic E-state index is -0.0795. The third-order valence-electron chi connectivity index (χ3n) is 4.69. The van der Waals surface area contributed by atoms with Crippen molar-refractivity contribution in [3.63, 3.8) is 0 Å². The zero-order valence-electron chi connectivity index (χ0n) is 14.7. The molecule has 0 radical (unpaired) electrons. The van der Waals surface area contributed by atoms with Crippen LogP contribution in [0, 0.1) is 0 Å². The number of halogens is 2. The van der Waals surface area contributed by atoms with Gasteiger partial charge in [0.05, 0.1) is 36.3 Å². The molecule has 3 aromatic rings. The van der Waals surface area contributed by atoms with Gasteiger partial charge in [-0.2, -0.15) is 0 Å². The average Bonchev–Trinajstić information content (AvgIpc) is 3.17. The fourth-order valence-corrected chi connectivity index (χ4v) is 3.63. The van der Waals surface area contributed by atoms with Gasteiger partial charge < -0.3 is 14.8 Å². The van der Waals surface area contributed by atoms with Crippen molar-refractivity contribution in [2.24, 2.45) is 0 Å². The fraction of sp³-hybridized carbons (Fsp3) is 0.278. The van der Waals surface area contributed by atoms with Gasteiger partial charge in [-0.15, -0.1) is 0 Å². The van der Waals surface area contributed by atoms with Crippen LogP contribution in [0.25, 0.3) is 0 Å². The van der Waals surface area contributed by atoms with Gasteiger partial charge in [0.15, 0.2) is 11.5 Å². The molecule has 0 spiro atoms. The Kier molecular flexibility index (Phi) is 4.80. The molecule has 0 aliphatic carbocycles. The third kappa shape index (κ3) is 3.28. The summed E-state index contributed by atoms with van der Waals surface area (Å²) in [6.45, 7) is 0. The van der Waals surface area contributed by atoms with Crippen LogP contribution in [0.1, 0.15) is 29.6 Å². The molecule has 0 unspecified atom stereocenters. The van der Waals surface area contributed by atoms with E-state index in [1.807, 2.05) is 30.3 Å². The number of nitrogens with one attached hydrogen (secondary N) is 1. The lowest BCUT2D eigenvalue weighted by molar-refractivity contribution is 0.353. The van der Waals surface area contributed by atoms with E-state index in [1.165, 1.54) is 0 Å². The molecule has 27 heavy (non-hydrogen) atoms. The zero-order valence-corrected chi connectivity index (χ0v) is 16.2. The lowest BCUT2D eigenvalue weighted by Gasteiger charge is -2.31. The number of ether oxygens (including phenoxy) is 2. The molecule has 0 amide bonds. The Morgan fingerprint density at radius 1 is 1.00 bits per heavy atom. The lowest BCUT2D eigenvalue weighted by Crippen LogP contribution is -2.28. The standard InChI is InChI=1S/C18H17Cl2N5O2/c1-26-16-6-4-10(8-17(16)27-2)14-9-15(25-18(21-14)22-23-24-25)11-3-5-12(19)13(20)7-11/h3-8,14-15H,9H2,1-2H3,(H,21,22,24)/t14-,15-/m0/s1. The van der Waals surface area contributed by atoms with E-state index in [0.717, 1.165) is 17.5 Å². The van der Waals surface area contributed by atoms with Crippen LogP contribution in [0.15, 0.2) is 36.4 Å². The van der Waals surface area contributed by atoms with Gasteiger partial charge >= 0.3 is 0 Å². The predicted molar refractivity (Wildman–Crippen MR) is 103 cm³/mol. The van der Waals surface area contributed by atoms with Gasteiger partial charge in [-0.1, -0.05) is 40.4 Å². The number of aromatic nitrogens is 4. The van der Waals surface area contributed by atoms with E-state index in [9.17, 15) is 0 Å². The van der Waals surface area contributed by atoms with Crippen LogP contribution in [-0.4, -0.2) is 34.4 Å². The molecule has 1 aliphatic rings. The van der Waals surface area contributed by atoms with Crippen LogP contribution in [-0.2, 0) is 0 Å².